The molecule has 1 aromatic rings. The number of thioether (sulfide) groups is 1. The van der Waals surface area contributed by atoms with Gasteiger partial charge in [0.2, 0.25) is 0 Å². The van der Waals surface area contributed by atoms with Crippen LogP contribution < -0.4 is 5.73 Å². The zero-order valence-corrected chi connectivity index (χ0v) is 8.43. The van der Waals surface area contributed by atoms with Crippen molar-refractivity contribution in [3.8, 4) is 0 Å². The van der Waals surface area contributed by atoms with Crippen LogP contribution in [0.5, 0.6) is 0 Å². The van der Waals surface area contributed by atoms with Crippen molar-refractivity contribution in [2.45, 2.75) is 17.5 Å². The van der Waals surface area contributed by atoms with Crippen molar-refractivity contribution in [3.05, 3.63) is 29.3 Å². The third-order valence-electron chi connectivity index (χ3n) is 2.31. The second-order valence-electron chi connectivity index (χ2n) is 3.19. The van der Waals surface area contributed by atoms with E-state index in [-0.39, 0.29) is 6.04 Å². The third kappa shape index (κ3) is 1.73. The molecule has 0 bridgehead atoms. The molecule has 0 fully saturated rings. The summed E-state index contributed by atoms with van der Waals surface area (Å²) in [5.41, 5.74) is 8.42. The van der Waals surface area contributed by atoms with Crippen molar-refractivity contribution in [1.82, 2.24) is 0 Å². The van der Waals surface area contributed by atoms with E-state index in [9.17, 15) is 0 Å². The zero-order chi connectivity index (χ0) is 9.26. The highest BCUT2D eigenvalue weighted by Gasteiger charge is 2.16. The zero-order valence-electron chi connectivity index (χ0n) is 7.62. The number of hydrogen-bond donors (Lipinski definition) is 1. The van der Waals surface area contributed by atoms with Crippen molar-refractivity contribution in [1.29, 1.82) is 0 Å². The Morgan fingerprint density at radius 1 is 1.54 bits per heavy atom. The largest absolute Gasteiger partial charge is 0.375 e. The summed E-state index contributed by atoms with van der Waals surface area (Å²) in [4.78, 5) is 1.27. The van der Waals surface area contributed by atoms with Gasteiger partial charge in [0.1, 0.15) is 0 Å². The van der Waals surface area contributed by atoms with Gasteiger partial charge in [0.05, 0.1) is 19.3 Å². The van der Waals surface area contributed by atoms with Crippen LogP contribution in [0.25, 0.3) is 0 Å². The van der Waals surface area contributed by atoms with Crippen molar-refractivity contribution < 1.29 is 4.74 Å². The van der Waals surface area contributed by atoms with Gasteiger partial charge in [-0.2, -0.15) is 0 Å². The second-order valence-corrected chi connectivity index (χ2v) is 4.07. The SMILES string of the molecule is CSc1ccc2c(c1)[C@H](N)COC2. The summed E-state index contributed by atoms with van der Waals surface area (Å²) in [7, 11) is 0. The third-order valence-corrected chi connectivity index (χ3v) is 3.03. The van der Waals surface area contributed by atoms with Crippen LogP contribution in [0.2, 0.25) is 0 Å². The first-order valence-corrected chi connectivity index (χ1v) is 5.54. The molecule has 1 aromatic carbocycles. The van der Waals surface area contributed by atoms with Crippen molar-refractivity contribution >= 4 is 11.8 Å². The maximum atomic E-state index is 5.94. The highest BCUT2D eigenvalue weighted by molar-refractivity contribution is 7.98. The van der Waals surface area contributed by atoms with Crippen LogP contribution in [0.4, 0.5) is 0 Å². The summed E-state index contributed by atoms with van der Waals surface area (Å²) in [5, 5.41) is 0. The lowest BCUT2D eigenvalue weighted by Crippen LogP contribution is -2.23. The van der Waals surface area contributed by atoms with Gasteiger partial charge in [-0.05, 0) is 29.5 Å². The molecule has 0 aliphatic carbocycles. The van der Waals surface area contributed by atoms with Gasteiger partial charge < -0.3 is 10.5 Å². The molecule has 0 radical (unpaired) electrons. The van der Waals surface area contributed by atoms with Gasteiger partial charge in [-0.25, -0.2) is 0 Å². The van der Waals surface area contributed by atoms with E-state index in [4.69, 9.17) is 10.5 Å². The van der Waals surface area contributed by atoms with E-state index in [1.54, 1.807) is 11.8 Å². The first kappa shape index (κ1) is 9.06. The van der Waals surface area contributed by atoms with E-state index >= 15 is 0 Å². The van der Waals surface area contributed by atoms with E-state index in [1.807, 2.05) is 0 Å². The Kier molecular flexibility index (Phi) is 2.58. The number of benzene rings is 1. The minimum Gasteiger partial charge on any atom is -0.375 e. The normalized spacial score (nSPS) is 21.2. The Balaban J connectivity index is 2.41. The fourth-order valence-corrected chi connectivity index (χ4v) is 2.01. The van der Waals surface area contributed by atoms with Crippen molar-refractivity contribution in [2.24, 2.45) is 5.73 Å². The molecular weight excluding hydrogens is 182 g/mol. The molecule has 0 amide bonds. The van der Waals surface area contributed by atoms with E-state index < -0.39 is 0 Å². The summed E-state index contributed by atoms with van der Waals surface area (Å²) in [5.74, 6) is 0. The number of rotatable bonds is 1. The van der Waals surface area contributed by atoms with Gasteiger partial charge in [-0.1, -0.05) is 6.07 Å². The van der Waals surface area contributed by atoms with Gasteiger partial charge in [0.25, 0.3) is 0 Å². The Labute approximate surface area is 82.5 Å². The summed E-state index contributed by atoms with van der Waals surface area (Å²) in [6.07, 6.45) is 2.08. The van der Waals surface area contributed by atoms with Gasteiger partial charge in [-0.3, -0.25) is 0 Å². The molecule has 0 saturated carbocycles. The summed E-state index contributed by atoms with van der Waals surface area (Å²) in [6, 6.07) is 6.45. The molecular formula is C10H13NOS. The standard InChI is InChI=1S/C10H13NOS/c1-13-8-3-2-7-5-12-6-10(11)9(7)4-8/h2-4,10H,5-6,11H2,1H3/t10-/m1/s1. The average Bonchev–Trinajstić information content (AvgIpc) is 2.18. The quantitative estimate of drug-likeness (QED) is 0.695. The fraction of sp³-hybridized carbons (Fsp3) is 0.400. The minimum absolute atomic E-state index is 0.0517. The number of fused-ring (bicyclic) bond motifs is 1. The van der Waals surface area contributed by atoms with Gasteiger partial charge >= 0.3 is 0 Å². The van der Waals surface area contributed by atoms with Crippen LogP contribution in [-0.4, -0.2) is 12.9 Å². The van der Waals surface area contributed by atoms with Gasteiger partial charge in [0.15, 0.2) is 0 Å². The Hall–Kier alpha value is -0.510. The van der Waals surface area contributed by atoms with Crippen LogP contribution in [0.1, 0.15) is 17.2 Å². The van der Waals surface area contributed by atoms with Crippen LogP contribution in [0, 0.1) is 0 Å². The minimum atomic E-state index is 0.0517. The highest BCUT2D eigenvalue weighted by Crippen LogP contribution is 2.27. The smallest absolute Gasteiger partial charge is 0.0721 e. The average molecular weight is 195 g/mol. The predicted molar refractivity (Wildman–Crippen MR) is 54.8 cm³/mol. The lowest BCUT2D eigenvalue weighted by atomic mass is 10.00. The number of hydrogen-bond acceptors (Lipinski definition) is 3. The van der Waals surface area contributed by atoms with Crippen LogP contribution in [0.15, 0.2) is 23.1 Å². The summed E-state index contributed by atoms with van der Waals surface area (Å²) >= 11 is 1.75. The first-order valence-electron chi connectivity index (χ1n) is 4.31. The maximum Gasteiger partial charge on any atom is 0.0721 e. The molecule has 1 aliphatic rings. The molecule has 2 N–H and O–H groups in total. The molecule has 1 heterocycles. The van der Waals surface area contributed by atoms with E-state index in [1.165, 1.54) is 16.0 Å². The topological polar surface area (TPSA) is 35.2 Å². The van der Waals surface area contributed by atoms with Gasteiger partial charge in [-0.15, -0.1) is 11.8 Å². The van der Waals surface area contributed by atoms with Crippen LogP contribution in [0.3, 0.4) is 0 Å². The van der Waals surface area contributed by atoms with Crippen LogP contribution >= 0.6 is 11.8 Å². The van der Waals surface area contributed by atoms with E-state index in [0.29, 0.717) is 13.2 Å². The molecule has 1 aliphatic heterocycles. The molecule has 0 unspecified atom stereocenters. The molecule has 2 nitrogen and oxygen atoms in total. The lowest BCUT2D eigenvalue weighted by molar-refractivity contribution is 0.0923. The van der Waals surface area contributed by atoms with Crippen LogP contribution in [-0.2, 0) is 11.3 Å². The van der Waals surface area contributed by atoms with Gasteiger partial charge in [0, 0.05) is 4.90 Å². The van der Waals surface area contributed by atoms with E-state index in [0.717, 1.165) is 0 Å². The molecule has 1 atom stereocenters. The molecule has 3 heteroatoms. The number of nitrogens with two attached hydrogens (primary N) is 1. The lowest BCUT2D eigenvalue weighted by Gasteiger charge is -2.22. The molecule has 0 saturated heterocycles. The molecule has 70 valence electrons. The molecule has 0 spiro atoms. The summed E-state index contributed by atoms with van der Waals surface area (Å²) in [6.45, 7) is 1.35. The molecule has 13 heavy (non-hydrogen) atoms. The summed E-state index contributed by atoms with van der Waals surface area (Å²) < 4.78 is 5.35. The van der Waals surface area contributed by atoms with E-state index in [2.05, 4.69) is 24.5 Å². The Morgan fingerprint density at radius 3 is 3.15 bits per heavy atom. The van der Waals surface area contributed by atoms with Crippen molar-refractivity contribution in [2.75, 3.05) is 12.9 Å². The second kappa shape index (κ2) is 3.70. The maximum absolute atomic E-state index is 5.94. The number of ether oxygens (including phenoxy) is 1. The Morgan fingerprint density at radius 2 is 2.38 bits per heavy atom. The Bertz CT molecular complexity index is 314. The van der Waals surface area contributed by atoms with Crippen molar-refractivity contribution in [3.63, 3.8) is 0 Å². The molecule has 2 rings (SSSR count). The fourth-order valence-electron chi connectivity index (χ4n) is 1.56. The first-order chi connectivity index (χ1) is 6.31. The predicted octanol–water partition coefficient (Wildman–Crippen LogP) is 1.94. The monoisotopic (exact) mass is 195 g/mol. The highest BCUT2D eigenvalue weighted by atomic mass is 32.2. The molecule has 0 aromatic heterocycles.